The fraction of sp³-hybridized carbons (Fsp3) is 0.318. The van der Waals surface area contributed by atoms with Gasteiger partial charge in [0.1, 0.15) is 5.04 Å². The van der Waals surface area contributed by atoms with Crippen LogP contribution in [-0.2, 0) is 0 Å². The zero-order valence-corrected chi connectivity index (χ0v) is 15.3. The highest BCUT2D eigenvalue weighted by Gasteiger charge is 2.25. The molecule has 1 aliphatic heterocycles. The van der Waals surface area contributed by atoms with Gasteiger partial charge in [-0.15, -0.1) is 11.8 Å². The van der Waals surface area contributed by atoms with Crippen LogP contribution in [0.4, 0.5) is 11.4 Å². The molecule has 0 spiro atoms. The van der Waals surface area contributed by atoms with Crippen LogP contribution >= 0.6 is 11.8 Å². The van der Waals surface area contributed by atoms with Crippen molar-refractivity contribution >= 4 is 28.2 Å². The lowest BCUT2D eigenvalue weighted by molar-refractivity contribution is 0.701. The standard InChI is InChI=1S/C22H24N2S/c1-4-10-18(11-5-1)23-22-20-14-8-3-9-15-21(20)24(16-17-25-22)19-12-6-2-7-13-19/h1-2,4-7,10-13H,3,8-9,14-17H2. The van der Waals surface area contributed by atoms with Crippen LogP contribution in [0.5, 0.6) is 0 Å². The van der Waals surface area contributed by atoms with Gasteiger partial charge in [-0.1, -0.05) is 42.8 Å². The maximum atomic E-state index is 5.03. The highest BCUT2D eigenvalue weighted by molar-refractivity contribution is 8.14. The molecule has 0 saturated heterocycles. The van der Waals surface area contributed by atoms with Crippen molar-refractivity contribution in [3.8, 4) is 0 Å². The summed E-state index contributed by atoms with van der Waals surface area (Å²) in [6.45, 7) is 1.06. The summed E-state index contributed by atoms with van der Waals surface area (Å²) < 4.78 is 0. The molecule has 1 heterocycles. The van der Waals surface area contributed by atoms with E-state index in [0.717, 1.165) is 24.4 Å². The van der Waals surface area contributed by atoms with E-state index in [1.165, 1.54) is 47.7 Å². The Hall–Kier alpha value is -2.00. The molecule has 2 aliphatic rings. The summed E-state index contributed by atoms with van der Waals surface area (Å²) in [6, 6.07) is 21.2. The Labute approximate surface area is 154 Å². The predicted octanol–water partition coefficient (Wildman–Crippen LogP) is 6.19. The monoisotopic (exact) mass is 348 g/mol. The largest absolute Gasteiger partial charge is 0.344 e. The molecule has 3 heteroatoms. The molecule has 1 aliphatic carbocycles. The molecule has 0 amide bonds. The van der Waals surface area contributed by atoms with Gasteiger partial charge in [0, 0.05) is 29.3 Å². The average molecular weight is 349 g/mol. The maximum Gasteiger partial charge on any atom is 0.102 e. The summed E-state index contributed by atoms with van der Waals surface area (Å²) in [5, 5.41) is 1.24. The fourth-order valence-corrected chi connectivity index (χ4v) is 4.69. The van der Waals surface area contributed by atoms with Crippen molar-refractivity contribution in [2.24, 2.45) is 4.99 Å². The van der Waals surface area contributed by atoms with E-state index in [4.69, 9.17) is 4.99 Å². The molecule has 0 radical (unpaired) electrons. The Bertz CT molecular complexity index is 765. The molecule has 0 unspecified atom stereocenters. The molecule has 0 atom stereocenters. The Morgan fingerprint density at radius 2 is 1.52 bits per heavy atom. The van der Waals surface area contributed by atoms with Crippen LogP contribution in [0.1, 0.15) is 32.1 Å². The minimum atomic E-state index is 1.06. The molecule has 0 bridgehead atoms. The van der Waals surface area contributed by atoms with Gasteiger partial charge >= 0.3 is 0 Å². The normalized spacial score (nSPS) is 20.2. The first-order chi connectivity index (χ1) is 12.4. The van der Waals surface area contributed by atoms with Crippen LogP contribution in [0.2, 0.25) is 0 Å². The predicted molar refractivity (Wildman–Crippen MR) is 110 cm³/mol. The minimum Gasteiger partial charge on any atom is -0.344 e. The van der Waals surface area contributed by atoms with Crippen molar-refractivity contribution < 1.29 is 0 Å². The third kappa shape index (κ3) is 3.82. The summed E-state index contributed by atoms with van der Waals surface area (Å²) in [5.74, 6) is 1.08. The SMILES string of the molecule is c1ccc(N=C2SCCN(c3ccccc3)C3=C2CCCCC3)cc1. The molecule has 2 aromatic carbocycles. The summed E-state index contributed by atoms with van der Waals surface area (Å²) in [7, 11) is 0. The second kappa shape index (κ2) is 7.92. The molecule has 0 saturated carbocycles. The minimum absolute atomic E-state index is 1.06. The smallest absolute Gasteiger partial charge is 0.102 e. The van der Waals surface area contributed by atoms with E-state index in [1.807, 2.05) is 11.8 Å². The quantitative estimate of drug-likeness (QED) is 0.643. The van der Waals surface area contributed by atoms with E-state index in [2.05, 4.69) is 65.6 Å². The van der Waals surface area contributed by atoms with E-state index >= 15 is 0 Å². The van der Waals surface area contributed by atoms with Crippen LogP contribution in [0, 0.1) is 0 Å². The molecule has 2 nitrogen and oxygen atoms in total. The Morgan fingerprint density at radius 3 is 2.32 bits per heavy atom. The fourth-order valence-electron chi connectivity index (χ4n) is 3.66. The number of benzene rings is 2. The van der Waals surface area contributed by atoms with E-state index in [1.54, 1.807) is 0 Å². The third-order valence-electron chi connectivity index (χ3n) is 4.88. The van der Waals surface area contributed by atoms with Gasteiger partial charge in [0.25, 0.3) is 0 Å². The highest BCUT2D eigenvalue weighted by Crippen LogP contribution is 2.36. The van der Waals surface area contributed by atoms with E-state index in [0.29, 0.717) is 0 Å². The van der Waals surface area contributed by atoms with Crippen LogP contribution in [0.3, 0.4) is 0 Å². The lowest BCUT2D eigenvalue weighted by Gasteiger charge is -2.27. The van der Waals surface area contributed by atoms with Gasteiger partial charge in [-0.05, 0) is 49.9 Å². The first kappa shape index (κ1) is 16.5. The van der Waals surface area contributed by atoms with Gasteiger partial charge in [-0.2, -0.15) is 0 Å². The maximum absolute atomic E-state index is 5.03. The number of rotatable bonds is 2. The number of hydrogen-bond acceptors (Lipinski definition) is 3. The van der Waals surface area contributed by atoms with Crippen molar-refractivity contribution in [3.05, 3.63) is 71.9 Å². The van der Waals surface area contributed by atoms with Crippen molar-refractivity contribution in [2.75, 3.05) is 17.2 Å². The average Bonchev–Trinajstić information content (AvgIpc) is 2.99. The number of allylic oxidation sites excluding steroid dienone is 1. The molecule has 0 aromatic heterocycles. The van der Waals surface area contributed by atoms with Gasteiger partial charge in [0.05, 0.1) is 5.69 Å². The molecule has 25 heavy (non-hydrogen) atoms. The first-order valence-corrected chi connectivity index (χ1v) is 10.2. The Kier molecular flexibility index (Phi) is 5.22. The van der Waals surface area contributed by atoms with Crippen molar-refractivity contribution in [1.29, 1.82) is 0 Å². The van der Waals surface area contributed by atoms with Crippen LogP contribution < -0.4 is 4.90 Å². The van der Waals surface area contributed by atoms with Gasteiger partial charge < -0.3 is 4.90 Å². The van der Waals surface area contributed by atoms with Gasteiger partial charge in [-0.25, -0.2) is 4.99 Å². The summed E-state index contributed by atoms with van der Waals surface area (Å²) >= 11 is 1.92. The van der Waals surface area contributed by atoms with Crippen molar-refractivity contribution in [1.82, 2.24) is 0 Å². The zero-order chi connectivity index (χ0) is 16.9. The van der Waals surface area contributed by atoms with E-state index < -0.39 is 0 Å². The molecule has 128 valence electrons. The lowest BCUT2D eigenvalue weighted by atomic mass is 10.1. The zero-order valence-electron chi connectivity index (χ0n) is 14.5. The number of anilines is 1. The Balaban J connectivity index is 1.78. The second-order valence-electron chi connectivity index (χ2n) is 6.57. The summed E-state index contributed by atoms with van der Waals surface area (Å²) in [4.78, 5) is 7.57. The van der Waals surface area contributed by atoms with Crippen molar-refractivity contribution in [3.63, 3.8) is 0 Å². The highest BCUT2D eigenvalue weighted by atomic mass is 32.2. The molecular formula is C22H24N2S. The lowest BCUT2D eigenvalue weighted by Crippen LogP contribution is -2.25. The van der Waals surface area contributed by atoms with Gasteiger partial charge in [-0.3, -0.25) is 0 Å². The van der Waals surface area contributed by atoms with E-state index in [9.17, 15) is 0 Å². The molecule has 0 N–H and O–H groups in total. The van der Waals surface area contributed by atoms with Crippen LogP contribution in [0.15, 0.2) is 76.9 Å². The van der Waals surface area contributed by atoms with Gasteiger partial charge in [0.2, 0.25) is 0 Å². The number of aliphatic imine (C=N–C) groups is 1. The van der Waals surface area contributed by atoms with Crippen molar-refractivity contribution in [2.45, 2.75) is 32.1 Å². The Morgan fingerprint density at radius 1 is 0.800 bits per heavy atom. The molecular weight excluding hydrogens is 324 g/mol. The number of nitrogens with zero attached hydrogens (tertiary/aromatic N) is 2. The molecule has 2 aromatic rings. The summed E-state index contributed by atoms with van der Waals surface area (Å²) in [6.07, 6.45) is 6.19. The topological polar surface area (TPSA) is 15.6 Å². The van der Waals surface area contributed by atoms with Crippen LogP contribution in [0.25, 0.3) is 0 Å². The molecule has 4 rings (SSSR count). The number of para-hydroxylation sites is 2. The number of thioether (sulfide) groups is 1. The van der Waals surface area contributed by atoms with E-state index in [-0.39, 0.29) is 0 Å². The third-order valence-corrected chi connectivity index (χ3v) is 5.88. The number of hydrogen-bond donors (Lipinski definition) is 0. The molecule has 0 fully saturated rings. The van der Waals surface area contributed by atoms with Gasteiger partial charge in [0.15, 0.2) is 0 Å². The summed E-state index contributed by atoms with van der Waals surface area (Å²) in [5.41, 5.74) is 5.36. The first-order valence-electron chi connectivity index (χ1n) is 9.23. The second-order valence-corrected chi connectivity index (χ2v) is 7.66. The van der Waals surface area contributed by atoms with Crippen LogP contribution in [-0.4, -0.2) is 17.3 Å².